The van der Waals surface area contributed by atoms with Crippen molar-refractivity contribution in [3.63, 3.8) is 0 Å². The largest absolute Gasteiger partial charge is 0.341 e. The topological polar surface area (TPSA) is 75.3 Å². The van der Waals surface area contributed by atoms with E-state index >= 15 is 0 Å². The van der Waals surface area contributed by atoms with Crippen molar-refractivity contribution in [2.75, 3.05) is 11.0 Å². The highest BCUT2D eigenvalue weighted by Gasteiger charge is 2.19. The number of hydrogen-bond acceptors (Lipinski definition) is 3. The average Bonchev–Trinajstić information content (AvgIpc) is 2.67. The second-order valence-electron chi connectivity index (χ2n) is 6.63. The Kier molecular flexibility index (Phi) is 5.80. The van der Waals surface area contributed by atoms with Crippen LogP contribution in [0.2, 0.25) is 0 Å². The molecular formula is C22H22N2O3S. The molecule has 1 atom stereocenters. The molecule has 3 aromatic carbocycles. The van der Waals surface area contributed by atoms with Gasteiger partial charge in [0.25, 0.3) is 5.91 Å². The summed E-state index contributed by atoms with van der Waals surface area (Å²) in [6.07, 6.45) is 1.08. The van der Waals surface area contributed by atoms with Crippen LogP contribution in [0, 0.1) is 6.92 Å². The summed E-state index contributed by atoms with van der Waals surface area (Å²) in [5.41, 5.74) is 3.97. The highest BCUT2D eigenvalue weighted by Crippen LogP contribution is 2.25. The molecule has 0 radical (unpaired) electrons. The lowest BCUT2D eigenvalue weighted by molar-refractivity contribution is 0.0943. The summed E-state index contributed by atoms with van der Waals surface area (Å²) in [5.74, 6) is -0.233. The summed E-state index contributed by atoms with van der Waals surface area (Å²) in [5, 5.41) is 3.10. The molecule has 6 heteroatoms. The highest BCUT2D eigenvalue weighted by atomic mass is 32.2. The summed E-state index contributed by atoms with van der Waals surface area (Å²) in [7, 11) is -3.36. The fraction of sp³-hybridized carbons (Fsp3) is 0.136. The molecule has 0 bridgehead atoms. The van der Waals surface area contributed by atoms with Crippen LogP contribution in [0.5, 0.6) is 0 Å². The molecule has 144 valence electrons. The third-order valence-electron chi connectivity index (χ3n) is 4.36. The number of hydrogen-bond donors (Lipinski definition) is 2. The van der Waals surface area contributed by atoms with E-state index in [2.05, 4.69) is 10.0 Å². The minimum Gasteiger partial charge on any atom is -0.341 e. The molecule has 0 aliphatic heterocycles. The van der Waals surface area contributed by atoms with Crippen LogP contribution in [0.25, 0.3) is 0 Å². The van der Waals surface area contributed by atoms with E-state index in [1.165, 1.54) is 0 Å². The average molecular weight is 394 g/mol. The molecule has 3 aromatic rings. The quantitative estimate of drug-likeness (QED) is 0.666. The summed E-state index contributed by atoms with van der Waals surface area (Å²) in [4.78, 5) is 12.9. The molecule has 2 N–H and O–H groups in total. The fourth-order valence-electron chi connectivity index (χ4n) is 3.01. The molecule has 5 nitrogen and oxygen atoms in total. The predicted molar refractivity (Wildman–Crippen MR) is 112 cm³/mol. The van der Waals surface area contributed by atoms with Gasteiger partial charge in [-0.3, -0.25) is 9.52 Å². The summed E-state index contributed by atoms with van der Waals surface area (Å²) >= 11 is 0. The van der Waals surface area contributed by atoms with Crippen LogP contribution in [0.1, 0.15) is 33.1 Å². The van der Waals surface area contributed by atoms with Crippen molar-refractivity contribution in [2.24, 2.45) is 0 Å². The number of amides is 1. The van der Waals surface area contributed by atoms with Crippen LogP contribution >= 0.6 is 0 Å². The molecule has 0 aromatic heterocycles. The van der Waals surface area contributed by atoms with Crippen LogP contribution in [0.4, 0.5) is 5.69 Å². The maximum atomic E-state index is 12.9. The summed E-state index contributed by atoms with van der Waals surface area (Å²) in [6.45, 7) is 2.02. The number of carbonyl (C=O) groups is 1. The van der Waals surface area contributed by atoms with Crippen molar-refractivity contribution in [3.05, 3.63) is 101 Å². The van der Waals surface area contributed by atoms with Crippen LogP contribution in [0.3, 0.4) is 0 Å². The van der Waals surface area contributed by atoms with Crippen molar-refractivity contribution in [1.82, 2.24) is 5.32 Å². The van der Waals surface area contributed by atoms with Crippen molar-refractivity contribution < 1.29 is 13.2 Å². The molecule has 0 aliphatic carbocycles. The van der Waals surface area contributed by atoms with Crippen LogP contribution in [-0.2, 0) is 10.0 Å². The molecule has 3 rings (SSSR count). The van der Waals surface area contributed by atoms with E-state index < -0.39 is 10.0 Å². The van der Waals surface area contributed by atoms with E-state index in [0.29, 0.717) is 11.3 Å². The molecule has 28 heavy (non-hydrogen) atoms. The van der Waals surface area contributed by atoms with Gasteiger partial charge in [0, 0.05) is 11.3 Å². The van der Waals surface area contributed by atoms with E-state index in [0.717, 1.165) is 22.9 Å². The second-order valence-corrected chi connectivity index (χ2v) is 8.37. The van der Waals surface area contributed by atoms with Gasteiger partial charge in [0.1, 0.15) is 0 Å². The van der Waals surface area contributed by atoms with Gasteiger partial charge in [-0.15, -0.1) is 0 Å². The lowest BCUT2D eigenvalue weighted by atomic mass is 9.94. The van der Waals surface area contributed by atoms with Gasteiger partial charge in [-0.25, -0.2) is 8.42 Å². The Labute approximate surface area is 165 Å². The van der Waals surface area contributed by atoms with E-state index in [4.69, 9.17) is 0 Å². The minimum atomic E-state index is -3.36. The number of rotatable bonds is 6. The van der Waals surface area contributed by atoms with E-state index in [-0.39, 0.29) is 11.9 Å². The SMILES string of the molecule is Cc1ccccc1[C@@H](NC(=O)c1ccc(NS(C)(=O)=O)cc1)c1ccccc1. The Morgan fingerprint density at radius 2 is 1.46 bits per heavy atom. The first-order valence-electron chi connectivity index (χ1n) is 8.83. The van der Waals surface area contributed by atoms with Gasteiger partial charge in [-0.05, 0) is 47.9 Å². The first kappa shape index (κ1) is 19.6. The van der Waals surface area contributed by atoms with Crippen LogP contribution in [-0.4, -0.2) is 20.6 Å². The van der Waals surface area contributed by atoms with Crippen molar-refractivity contribution in [2.45, 2.75) is 13.0 Å². The Morgan fingerprint density at radius 3 is 2.07 bits per heavy atom. The lowest BCUT2D eigenvalue weighted by Crippen LogP contribution is -2.29. The third-order valence-corrected chi connectivity index (χ3v) is 4.96. The Balaban J connectivity index is 1.87. The molecule has 0 saturated heterocycles. The second kappa shape index (κ2) is 8.27. The van der Waals surface area contributed by atoms with Crippen LogP contribution in [0.15, 0.2) is 78.9 Å². The summed E-state index contributed by atoms with van der Waals surface area (Å²) < 4.78 is 25.0. The monoisotopic (exact) mass is 394 g/mol. The molecule has 0 aliphatic rings. The standard InChI is InChI=1S/C22H22N2O3S/c1-16-8-6-7-11-20(16)21(17-9-4-3-5-10-17)23-22(25)18-12-14-19(15-13-18)24-28(2,26)27/h3-15,21,24H,1-2H3,(H,23,25)/t21-/m0/s1. The molecule has 1 amide bonds. The van der Waals surface area contributed by atoms with Gasteiger partial charge < -0.3 is 5.32 Å². The zero-order valence-electron chi connectivity index (χ0n) is 15.7. The summed E-state index contributed by atoms with van der Waals surface area (Å²) in [6, 6.07) is 23.8. The molecular weight excluding hydrogens is 372 g/mol. The number of anilines is 1. The van der Waals surface area contributed by atoms with Gasteiger partial charge >= 0.3 is 0 Å². The number of sulfonamides is 1. The van der Waals surface area contributed by atoms with Gasteiger partial charge in [0.2, 0.25) is 10.0 Å². The minimum absolute atomic E-state index is 0.233. The van der Waals surface area contributed by atoms with Gasteiger partial charge in [0.05, 0.1) is 12.3 Å². The number of carbonyl (C=O) groups excluding carboxylic acids is 1. The Morgan fingerprint density at radius 1 is 0.857 bits per heavy atom. The zero-order valence-corrected chi connectivity index (χ0v) is 16.5. The van der Waals surface area contributed by atoms with Crippen LogP contribution < -0.4 is 10.0 Å². The Bertz CT molecular complexity index is 1060. The van der Waals surface area contributed by atoms with E-state index in [1.54, 1.807) is 24.3 Å². The first-order valence-corrected chi connectivity index (χ1v) is 10.7. The maximum absolute atomic E-state index is 12.9. The Hall–Kier alpha value is -3.12. The highest BCUT2D eigenvalue weighted by molar-refractivity contribution is 7.92. The lowest BCUT2D eigenvalue weighted by Gasteiger charge is -2.22. The number of aryl methyl sites for hydroxylation is 1. The fourth-order valence-corrected chi connectivity index (χ4v) is 3.58. The van der Waals surface area contributed by atoms with Crippen molar-refractivity contribution >= 4 is 21.6 Å². The number of benzene rings is 3. The van der Waals surface area contributed by atoms with Crippen molar-refractivity contribution in [1.29, 1.82) is 0 Å². The normalized spacial score (nSPS) is 12.2. The number of nitrogens with one attached hydrogen (secondary N) is 2. The molecule has 0 saturated carbocycles. The molecule has 0 unspecified atom stereocenters. The van der Waals surface area contributed by atoms with E-state index in [1.807, 2.05) is 61.5 Å². The maximum Gasteiger partial charge on any atom is 0.252 e. The van der Waals surface area contributed by atoms with Gasteiger partial charge in [-0.2, -0.15) is 0 Å². The van der Waals surface area contributed by atoms with Gasteiger partial charge in [-0.1, -0.05) is 54.6 Å². The van der Waals surface area contributed by atoms with E-state index in [9.17, 15) is 13.2 Å². The molecule has 0 fully saturated rings. The predicted octanol–water partition coefficient (Wildman–Crippen LogP) is 3.89. The third kappa shape index (κ3) is 4.98. The zero-order chi connectivity index (χ0) is 20.1. The van der Waals surface area contributed by atoms with Gasteiger partial charge in [0.15, 0.2) is 0 Å². The first-order chi connectivity index (χ1) is 13.3. The molecule has 0 heterocycles. The molecule has 0 spiro atoms. The smallest absolute Gasteiger partial charge is 0.252 e. The van der Waals surface area contributed by atoms with Crippen molar-refractivity contribution in [3.8, 4) is 0 Å².